The van der Waals surface area contributed by atoms with Gasteiger partial charge in [-0.25, -0.2) is 0 Å². The van der Waals surface area contributed by atoms with Gasteiger partial charge < -0.3 is 5.32 Å². The maximum absolute atomic E-state index is 13.1. The zero-order chi connectivity index (χ0) is 19.3. The van der Waals surface area contributed by atoms with E-state index in [-0.39, 0.29) is 5.75 Å². The normalized spacial score (nSPS) is 11.2. The number of aryl methyl sites for hydroxylation is 1. The standard InChI is InChI=1S/C17H15F3N2O3S/c1-11-4-2-3-5-12(11)9-26-10-16(23)21-15-7-6-13(22(24)25)8-14(15)17(18,19)20/h2-8H,9-10H2,1H3,(H,21,23). The third-order valence-corrected chi connectivity index (χ3v) is 4.53. The zero-order valence-electron chi connectivity index (χ0n) is 13.7. The predicted molar refractivity (Wildman–Crippen MR) is 94.1 cm³/mol. The lowest BCUT2D eigenvalue weighted by Crippen LogP contribution is -2.18. The van der Waals surface area contributed by atoms with Gasteiger partial charge in [0.15, 0.2) is 0 Å². The highest BCUT2D eigenvalue weighted by molar-refractivity contribution is 7.99. The van der Waals surface area contributed by atoms with Crippen LogP contribution < -0.4 is 5.32 Å². The van der Waals surface area contributed by atoms with Gasteiger partial charge in [-0.1, -0.05) is 24.3 Å². The predicted octanol–water partition coefficient (Wildman–Crippen LogP) is 4.79. The van der Waals surface area contributed by atoms with Gasteiger partial charge in [-0.15, -0.1) is 11.8 Å². The summed E-state index contributed by atoms with van der Waals surface area (Å²) >= 11 is 1.27. The molecule has 0 bridgehead atoms. The second-order valence-corrected chi connectivity index (χ2v) is 6.44. The number of hydrogen-bond donors (Lipinski definition) is 1. The molecule has 0 radical (unpaired) electrons. The molecule has 1 amide bonds. The second kappa shape index (κ2) is 8.22. The van der Waals surface area contributed by atoms with Crippen LogP contribution in [-0.4, -0.2) is 16.6 Å². The molecule has 0 atom stereocenters. The summed E-state index contributed by atoms with van der Waals surface area (Å²) in [6.07, 6.45) is -4.82. The molecule has 0 spiro atoms. The lowest BCUT2D eigenvalue weighted by molar-refractivity contribution is -0.385. The number of non-ortho nitro benzene ring substituents is 1. The number of benzene rings is 2. The number of alkyl halides is 3. The van der Waals surface area contributed by atoms with Crippen molar-refractivity contribution in [2.75, 3.05) is 11.1 Å². The molecule has 138 valence electrons. The number of rotatable bonds is 6. The zero-order valence-corrected chi connectivity index (χ0v) is 14.5. The summed E-state index contributed by atoms with van der Waals surface area (Å²) in [5.41, 5.74) is -0.329. The first-order chi connectivity index (χ1) is 12.2. The van der Waals surface area contributed by atoms with Crippen LogP contribution in [0.3, 0.4) is 0 Å². The highest BCUT2D eigenvalue weighted by Crippen LogP contribution is 2.37. The largest absolute Gasteiger partial charge is 0.418 e. The Kier molecular flexibility index (Phi) is 6.25. The van der Waals surface area contributed by atoms with Crippen molar-refractivity contribution >= 4 is 29.0 Å². The van der Waals surface area contributed by atoms with Crippen LogP contribution >= 0.6 is 11.8 Å². The van der Waals surface area contributed by atoms with E-state index < -0.39 is 33.9 Å². The molecule has 0 saturated heterocycles. The van der Waals surface area contributed by atoms with E-state index in [1.165, 1.54) is 11.8 Å². The van der Waals surface area contributed by atoms with Crippen LogP contribution in [0.2, 0.25) is 0 Å². The van der Waals surface area contributed by atoms with Gasteiger partial charge in [0.2, 0.25) is 5.91 Å². The molecule has 2 aromatic rings. The Morgan fingerprint density at radius 3 is 2.54 bits per heavy atom. The summed E-state index contributed by atoms with van der Waals surface area (Å²) in [6, 6.07) is 9.84. The molecule has 1 N–H and O–H groups in total. The van der Waals surface area contributed by atoms with Gasteiger partial charge in [0.05, 0.1) is 21.9 Å². The average Bonchev–Trinajstić information content (AvgIpc) is 2.55. The minimum Gasteiger partial charge on any atom is -0.325 e. The summed E-state index contributed by atoms with van der Waals surface area (Å²) < 4.78 is 39.2. The van der Waals surface area contributed by atoms with Crippen molar-refractivity contribution in [2.24, 2.45) is 0 Å². The van der Waals surface area contributed by atoms with Crippen molar-refractivity contribution < 1.29 is 22.9 Å². The second-order valence-electron chi connectivity index (χ2n) is 5.45. The summed E-state index contributed by atoms with van der Waals surface area (Å²) in [6.45, 7) is 1.93. The molecule has 0 aromatic heterocycles. The van der Waals surface area contributed by atoms with E-state index in [0.29, 0.717) is 11.8 Å². The molecule has 0 aliphatic carbocycles. The van der Waals surface area contributed by atoms with Crippen molar-refractivity contribution in [1.29, 1.82) is 0 Å². The molecular weight excluding hydrogens is 369 g/mol. The van der Waals surface area contributed by atoms with Crippen LogP contribution in [0, 0.1) is 17.0 Å². The van der Waals surface area contributed by atoms with Crippen LogP contribution in [0.1, 0.15) is 16.7 Å². The molecule has 2 aromatic carbocycles. The molecule has 0 heterocycles. The topological polar surface area (TPSA) is 72.2 Å². The minimum atomic E-state index is -4.82. The van der Waals surface area contributed by atoms with Crippen molar-refractivity contribution in [3.63, 3.8) is 0 Å². The SMILES string of the molecule is Cc1ccccc1CSCC(=O)Nc1ccc([N+](=O)[O-])cc1C(F)(F)F. The fraction of sp³-hybridized carbons (Fsp3) is 0.235. The first-order valence-electron chi connectivity index (χ1n) is 7.46. The van der Waals surface area contributed by atoms with Crippen LogP contribution in [0.5, 0.6) is 0 Å². The van der Waals surface area contributed by atoms with Crippen molar-refractivity contribution in [3.8, 4) is 0 Å². The van der Waals surface area contributed by atoms with E-state index in [2.05, 4.69) is 5.32 Å². The number of carbonyl (C=O) groups excluding carboxylic acids is 1. The average molecular weight is 384 g/mol. The quantitative estimate of drug-likeness (QED) is 0.574. The number of halogens is 3. The number of nitro groups is 1. The summed E-state index contributed by atoms with van der Waals surface area (Å²) in [5.74, 6) is -0.0994. The fourth-order valence-electron chi connectivity index (χ4n) is 2.20. The third kappa shape index (κ3) is 5.22. The first kappa shape index (κ1) is 19.8. The molecule has 0 fully saturated rings. The number of nitrogens with one attached hydrogen (secondary N) is 1. The molecule has 0 aliphatic rings. The molecule has 9 heteroatoms. The van der Waals surface area contributed by atoms with Gasteiger partial charge in [0.1, 0.15) is 0 Å². The number of anilines is 1. The van der Waals surface area contributed by atoms with Gasteiger partial charge in [-0.05, 0) is 24.1 Å². The van der Waals surface area contributed by atoms with Gasteiger partial charge in [0, 0.05) is 17.9 Å². The van der Waals surface area contributed by atoms with Gasteiger partial charge in [-0.3, -0.25) is 14.9 Å². The summed E-state index contributed by atoms with van der Waals surface area (Å²) in [4.78, 5) is 21.7. The molecular formula is C17H15F3N2O3S. The van der Waals surface area contributed by atoms with Crippen molar-refractivity contribution in [1.82, 2.24) is 0 Å². The van der Waals surface area contributed by atoms with Crippen LogP contribution in [0.4, 0.5) is 24.5 Å². The van der Waals surface area contributed by atoms with Gasteiger partial charge in [-0.2, -0.15) is 13.2 Å². The molecule has 0 aliphatic heterocycles. The van der Waals surface area contributed by atoms with Crippen LogP contribution in [0.15, 0.2) is 42.5 Å². The highest BCUT2D eigenvalue weighted by Gasteiger charge is 2.35. The number of nitro benzene ring substituents is 1. The Labute approximate surface area is 151 Å². The molecule has 5 nitrogen and oxygen atoms in total. The van der Waals surface area contributed by atoms with E-state index in [9.17, 15) is 28.1 Å². The Morgan fingerprint density at radius 2 is 1.92 bits per heavy atom. The summed E-state index contributed by atoms with van der Waals surface area (Å²) in [7, 11) is 0. The van der Waals surface area contributed by atoms with Gasteiger partial charge >= 0.3 is 6.18 Å². The number of nitrogens with zero attached hydrogens (tertiary/aromatic N) is 1. The number of hydrogen-bond acceptors (Lipinski definition) is 4. The van der Waals surface area contributed by atoms with E-state index in [1.54, 1.807) is 0 Å². The van der Waals surface area contributed by atoms with E-state index in [1.807, 2.05) is 31.2 Å². The number of carbonyl (C=O) groups is 1. The van der Waals surface area contributed by atoms with E-state index in [4.69, 9.17) is 0 Å². The van der Waals surface area contributed by atoms with Crippen molar-refractivity contribution in [3.05, 3.63) is 69.3 Å². The highest BCUT2D eigenvalue weighted by atomic mass is 32.2. The molecule has 0 unspecified atom stereocenters. The maximum atomic E-state index is 13.1. The fourth-order valence-corrected chi connectivity index (χ4v) is 3.10. The third-order valence-electron chi connectivity index (χ3n) is 3.55. The molecule has 26 heavy (non-hydrogen) atoms. The number of amides is 1. The van der Waals surface area contributed by atoms with Crippen LogP contribution in [0.25, 0.3) is 0 Å². The minimum absolute atomic E-state index is 0.0391. The summed E-state index contributed by atoms with van der Waals surface area (Å²) in [5, 5.41) is 12.8. The van der Waals surface area contributed by atoms with E-state index >= 15 is 0 Å². The Balaban J connectivity index is 2.04. The molecule has 2 rings (SSSR count). The van der Waals surface area contributed by atoms with Crippen LogP contribution in [-0.2, 0) is 16.7 Å². The Morgan fingerprint density at radius 1 is 1.23 bits per heavy atom. The Bertz CT molecular complexity index is 825. The smallest absolute Gasteiger partial charge is 0.325 e. The van der Waals surface area contributed by atoms with Crippen molar-refractivity contribution in [2.45, 2.75) is 18.9 Å². The molecule has 0 saturated carbocycles. The monoisotopic (exact) mass is 384 g/mol. The maximum Gasteiger partial charge on any atom is 0.418 e. The number of thioether (sulfide) groups is 1. The lowest BCUT2D eigenvalue weighted by Gasteiger charge is -2.13. The Hall–Kier alpha value is -2.55. The van der Waals surface area contributed by atoms with E-state index in [0.717, 1.165) is 23.3 Å². The lowest BCUT2D eigenvalue weighted by atomic mass is 10.1. The first-order valence-corrected chi connectivity index (χ1v) is 8.61. The van der Waals surface area contributed by atoms with Gasteiger partial charge in [0.25, 0.3) is 5.69 Å².